The lowest BCUT2D eigenvalue weighted by Crippen LogP contribution is -1.83. The molecule has 0 aliphatic heterocycles. The van der Waals surface area contributed by atoms with E-state index in [1.165, 1.54) is 12.1 Å². The number of nitrogen functional groups attached to an aromatic ring is 1. The van der Waals surface area contributed by atoms with Crippen LogP contribution in [0.1, 0.15) is 0 Å². The molecule has 17 heavy (non-hydrogen) atoms. The number of halogens is 1. The monoisotopic (exact) mass is 228 g/mol. The van der Waals surface area contributed by atoms with Crippen molar-refractivity contribution in [3.8, 4) is 11.5 Å². The van der Waals surface area contributed by atoms with Gasteiger partial charge in [-0.25, -0.2) is 9.37 Å². The molecule has 1 heterocycles. The number of rotatable bonds is 1. The summed E-state index contributed by atoms with van der Waals surface area (Å²) in [6.07, 6.45) is 0. The molecule has 0 saturated heterocycles. The molecule has 0 saturated carbocycles. The standard InChI is InChI=1S/C13H9FN2O/c14-9-3-6-11-12(7-9)17-13(16-11)8-1-4-10(15)5-2-8/h1-7H,15H2. The molecule has 0 amide bonds. The highest BCUT2D eigenvalue weighted by atomic mass is 19.1. The highest BCUT2D eigenvalue weighted by molar-refractivity contribution is 5.76. The maximum atomic E-state index is 13.0. The molecule has 2 N–H and O–H groups in total. The number of benzene rings is 2. The van der Waals surface area contributed by atoms with Crippen molar-refractivity contribution in [1.29, 1.82) is 0 Å². The summed E-state index contributed by atoms with van der Waals surface area (Å²) < 4.78 is 18.5. The average molecular weight is 228 g/mol. The molecular formula is C13H9FN2O. The molecule has 0 aliphatic rings. The molecule has 0 aliphatic carbocycles. The maximum absolute atomic E-state index is 13.0. The lowest BCUT2D eigenvalue weighted by Gasteiger charge is -1.95. The van der Waals surface area contributed by atoms with Crippen molar-refractivity contribution >= 4 is 16.8 Å². The predicted molar refractivity (Wildman–Crippen MR) is 63.8 cm³/mol. The minimum atomic E-state index is -0.336. The Morgan fingerprint density at radius 2 is 1.82 bits per heavy atom. The van der Waals surface area contributed by atoms with E-state index in [4.69, 9.17) is 10.2 Å². The second-order valence-corrected chi connectivity index (χ2v) is 3.75. The number of hydrogen-bond donors (Lipinski definition) is 1. The van der Waals surface area contributed by atoms with Gasteiger partial charge in [0.2, 0.25) is 5.89 Å². The quantitative estimate of drug-likeness (QED) is 0.650. The number of nitrogens with two attached hydrogens (primary N) is 1. The molecule has 0 radical (unpaired) electrons. The molecule has 1 aromatic heterocycles. The Hall–Kier alpha value is -2.36. The molecule has 4 heteroatoms. The van der Waals surface area contributed by atoms with Gasteiger partial charge in [-0.1, -0.05) is 0 Å². The predicted octanol–water partition coefficient (Wildman–Crippen LogP) is 3.22. The Labute approximate surface area is 96.7 Å². The fourth-order valence-electron chi connectivity index (χ4n) is 1.65. The zero-order valence-electron chi connectivity index (χ0n) is 8.85. The van der Waals surface area contributed by atoms with E-state index in [1.54, 1.807) is 18.2 Å². The minimum Gasteiger partial charge on any atom is -0.436 e. The van der Waals surface area contributed by atoms with Crippen molar-refractivity contribution in [3.05, 3.63) is 48.3 Å². The van der Waals surface area contributed by atoms with Crippen LogP contribution in [0.15, 0.2) is 46.9 Å². The molecular weight excluding hydrogens is 219 g/mol. The van der Waals surface area contributed by atoms with Crippen molar-refractivity contribution in [2.45, 2.75) is 0 Å². The molecule has 0 bridgehead atoms. The van der Waals surface area contributed by atoms with Crippen LogP contribution in [0, 0.1) is 5.82 Å². The summed E-state index contributed by atoms with van der Waals surface area (Å²) in [6.45, 7) is 0. The van der Waals surface area contributed by atoms with Gasteiger partial charge in [0.25, 0.3) is 0 Å². The highest BCUT2D eigenvalue weighted by Crippen LogP contribution is 2.25. The molecule has 2 aromatic carbocycles. The lowest BCUT2D eigenvalue weighted by molar-refractivity contribution is 0.602. The molecule has 0 fully saturated rings. The number of aromatic nitrogens is 1. The number of anilines is 1. The second-order valence-electron chi connectivity index (χ2n) is 3.75. The summed E-state index contributed by atoms with van der Waals surface area (Å²) in [7, 11) is 0. The smallest absolute Gasteiger partial charge is 0.227 e. The van der Waals surface area contributed by atoms with Gasteiger partial charge in [0, 0.05) is 17.3 Å². The largest absolute Gasteiger partial charge is 0.436 e. The van der Waals surface area contributed by atoms with E-state index < -0.39 is 0 Å². The number of fused-ring (bicyclic) bond motifs is 1. The van der Waals surface area contributed by atoms with Gasteiger partial charge in [0.15, 0.2) is 5.58 Å². The van der Waals surface area contributed by atoms with Crippen molar-refractivity contribution in [2.24, 2.45) is 0 Å². The zero-order chi connectivity index (χ0) is 11.8. The Bertz CT molecular complexity index is 673. The van der Waals surface area contributed by atoms with Gasteiger partial charge in [0.1, 0.15) is 11.3 Å². The number of hydrogen-bond acceptors (Lipinski definition) is 3. The SMILES string of the molecule is Nc1ccc(-c2nc3ccc(F)cc3o2)cc1. The van der Waals surface area contributed by atoms with Gasteiger partial charge in [-0.3, -0.25) is 0 Å². The van der Waals surface area contributed by atoms with E-state index in [1.807, 2.05) is 12.1 Å². The Morgan fingerprint density at radius 1 is 1.06 bits per heavy atom. The van der Waals surface area contributed by atoms with Crippen LogP contribution in [0.4, 0.5) is 10.1 Å². The lowest BCUT2D eigenvalue weighted by atomic mass is 10.2. The summed E-state index contributed by atoms with van der Waals surface area (Å²) in [5.41, 5.74) is 8.17. The van der Waals surface area contributed by atoms with Crippen LogP contribution < -0.4 is 5.73 Å². The van der Waals surface area contributed by atoms with Crippen LogP contribution in [0.3, 0.4) is 0 Å². The third-order valence-corrected chi connectivity index (χ3v) is 2.51. The van der Waals surface area contributed by atoms with E-state index in [2.05, 4.69) is 4.98 Å². The third kappa shape index (κ3) is 1.73. The normalized spacial score (nSPS) is 10.9. The molecule has 0 atom stereocenters. The fraction of sp³-hybridized carbons (Fsp3) is 0. The van der Waals surface area contributed by atoms with Crippen molar-refractivity contribution < 1.29 is 8.81 Å². The van der Waals surface area contributed by atoms with Gasteiger partial charge < -0.3 is 10.2 Å². The first-order valence-electron chi connectivity index (χ1n) is 5.14. The molecule has 0 unspecified atom stereocenters. The Balaban J connectivity index is 2.14. The van der Waals surface area contributed by atoms with Gasteiger partial charge in [-0.05, 0) is 36.4 Å². The molecule has 3 nitrogen and oxygen atoms in total. The average Bonchev–Trinajstić information content (AvgIpc) is 2.72. The second kappa shape index (κ2) is 3.59. The fourth-order valence-corrected chi connectivity index (χ4v) is 1.65. The van der Waals surface area contributed by atoms with Crippen LogP contribution in [-0.2, 0) is 0 Å². The summed E-state index contributed by atoms with van der Waals surface area (Å²) in [6, 6.07) is 11.4. The van der Waals surface area contributed by atoms with Crippen LogP contribution >= 0.6 is 0 Å². The van der Waals surface area contributed by atoms with Gasteiger partial charge >= 0.3 is 0 Å². The van der Waals surface area contributed by atoms with Gasteiger partial charge in [-0.15, -0.1) is 0 Å². The maximum Gasteiger partial charge on any atom is 0.227 e. The summed E-state index contributed by atoms with van der Waals surface area (Å²) >= 11 is 0. The van der Waals surface area contributed by atoms with Crippen LogP contribution in [0.25, 0.3) is 22.6 Å². The molecule has 84 valence electrons. The van der Waals surface area contributed by atoms with Crippen molar-refractivity contribution in [3.63, 3.8) is 0 Å². The Kier molecular flexibility index (Phi) is 2.08. The number of nitrogens with zero attached hydrogens (tertiary/aromatic N) is 1. The summed E-state index contributed by atoms with van der Waals surface area (Å²) in [5, 5.41) is 0. The van der Waals surface area contributed by atoms with E-state index in [-0.39, 0.29) is 5.82 Å². The van der Waals surface area contributed by atoms with Gasteiger partial charge in [-0.2, -0.15) is 0 Å². The van der Waals surface area contributed by atoms with Crippen molar-refractivity contribution in [2.75, 3.05) is 5.73 Å². The first kappa shape index (κ1) is 9.84. The summed E-state index contributed by atoms with van der Waals surface area (Å²) in [4.78, 5) is 4.28. The van der Waals surface area contributed by atoms with Crippen LogP contribution in [0.2, 0.25) is 0 Å². The third-order valence-electron chi connectivity index (χ3n) is 2.51. The van der Waals surface area contributed by atoms with Crippen LogP contribution in [0.5, 0.6) is 0 Å². The summed E-state index contributed by atoms with van der Waals surface area (Å²) in [5.74, 6) is 0.128. The first-order chi connectivity index (χ1) is 8.22. The minimum absolute atomic E-state index is 0.336. The Morgan fingerprint density at radius 3 is 2.59 bits per heavy atom. The number of oxazole rings is 1. The highest BCUT2D eigenvalue weighted by Gasteiger charge is 2.08. The topological polar surface area (TPSA) is 52.0 Å². The zero-order valence-corrected chi connectivity index (χ0v) is 8.85. The van der Waals surface area contributed by atoms with Crippen LogP contribution in [-0.4, -0.2) is 4.98 Å². The van der Waals surface area contributed by atoms with E-state index >= 15 is 0 Å². The van der Waals surface area contributed by atoms with E-state index in [9.17, 15) is 4.39 Å². The molecule has 3 aromatic rings. The van der Waals surface area contributed by atoms with E-state index in [0.29, 0.717) is 22.7 Å². The van der Waals surface area contributed by atoms with Gasteiger partial charge in [0.05, 0.1) is 0 Å². The first-order valence-corrected chi connectivity index (χ1v) is 5.14. The van der Waals surface area contributed by atoms with E-state index in [0.717, 1.165) is 5.56 Å². The molecule has 0 spiro atoms. The van der Waals surface area contributed by atoms with Crippen molar-refractivity contribution in [1.82, 2.24) is 4.98 Å². The molecule has 3 rings (SSSR count).